The Kier molecular flexibility index (Phi) is 3.71. The molecule has 1 heteroatoms. The second-order valence-corrected chi connectivity index (χ2v) is 7.62. The summed E-state index contributed by atoms with van der Waals surface area (Å²) in [6, 6.07) is 0. The number of hydrogen-bond acceptors (Lipinski definition) is 1. The maximum atomic E-state index is 6.15. The van der Waals surface area contributed by atoms with Crippen LogP contribution in [0.3, 0.4) is 0 Å². The molecule has 0 aromatic carbocycles. The Morgan fingerprint density at radius 3 is 2.44 bits per heavy atom. The van der Waals surface area contributed by atoms with Crippen LogP contribution in [0.2, 0.25) is 0 Å². The van der Waals surface area contributed by atoms with Crippen molar-refractivity contribution in [3.63, 3.8) is 0 Å². The zero-order valence-corrected chi connectivity index (χ0v) is 12.3. The molecule has 3 unspecified atom stereocenters. The number of hydrogen-bond donors (Lipinski definition) is 0. The zero-order chi connectivity index (χ0) is 12.6. The van der Waals surface area contributed by atoms with Gasteiger partial charge in [-0.05, 0) is 61.7 Å². The van der Waals surface area contributed by atoms with E-state index in [1.165, 1.54) is 57.8 Å². The molecular formula is C17H30O. The standard InChI is InChI=1S/C17H30O/c1-17(2)14-9-8-13(12-14)16(17)10-11-18-15-6-4-3-5-7-15/h13-16H,3-12H2,1-2H3. The molecule has 2 bridgehead atoms. The Morgan fingerprint density at radius 1 is 1.00 bits per heavy atom. The highest BCUT2D eigenvalue weighted by atomic mass is 16.5. The highest BCUT2D eigenvalue weighted by molar-refractivity contribution is 5.01. The lowest BCUT2D eigenvalue weighted by atomic mass is 9.67. The van der Waals surface area contributed by atoms with Gasteiger partial charge in [-0.1, -0.05) is 33.1 Å². The van der Waals surface area contributed by atoms with Crippen molar-refractivity contribution in [1.82, 2.24) is 0 Å². The van der Waals surface area contributed by atoms with Gasteiger partial charge in [0.15, 0.2) is 0 Å². The first-order chi connectivity index (χ1) is 8.68. The van der Waals surface area contributed by atoms with Gasteiger partial charge in [0.05, 0.1) is 6.10 Å². The molecular weight excluding hydrogens is 220 g/mol. The van der Waals surface area contributed by atoms with Crippen LogP contribution in [0.4, 0.5) is 0 Å². The molecule has 104 valence electrons. The topological polar surface area (TPSA) is 9.23 Å². The minimum Gasteiger partial charge on any atom is -0.378 e. The summed E-state index contributed by atoms with van der Waals surface area (Å²) >= 11 is 0. The van der Waals surface area contributed by atoms with Crippen molar-refractivity contribution < 1.29 is 4.74 Å². The summed E-state index contributed by atoms with van der Waals surface area (Å²) in [6.07, 6.45) is 13.3. The van der Waals surface area contributed by atoms with Crippen LogP contribution in [0.5, 0.6) is 0 Å². The summed E-state index contributed by atoms with van der Waals surface area (Å²) in [5.41, 5.74) is 0.596. The first kappa shape index (κ1) is 13.0. The molecule has 3 aliphatic rings. The monoisotopic (exact) mass is 250 g/mol. The van der Waals surface area contributed by atoms with E-state index in [-0.39, 0.29) is 0 Å². The van der Waals surface area contributed by atoms with Crippen molar-refractivity contribution >= 4 is 0 Å². The lowest BCUT2D eigenvalue weighted by molar-refractivity contribution is 0.00320. The van der Waals surface area contributed by atoms with E-state index in [0.717, 1.165) is 24.4 Å². The Hall–Kier alpha value is -0.0400. The van der Waals surface area contributed by atoms with E-state index in [4.69, 9.17) is 4.74 Å². The van der Waals surface area contributed by atoms with Gasteiger partial charge in [-0.2, -0.15) is 0 Å². The smallest absolute Gasteiger partial charge is 0.0575 e. The van der Waals surface area contributed by atoms with E-state index in [9.17, 15) is 0 Å². The molecule has 3 saturated carbocycles. The van der Waals surface area contributed by atoms with Crippen molar-refractivity contribution in [1.29, 1.82) is 0 Å². The van der Waals surface area contributed by atoms with Gasteiger partial charge in [-0.15, -0.1) is 0 Å². The summed E-state index contributed by atoms with van der Waals surface area (Å²) < 4.78 is 6.15. The van der Waals surface area contributed by atoms with Crippen molar-refractivity contribution in [3.8, 4) is 0 Å². The molecule has 0 radical (unpaired) electrons. The fourth-order valence-corrected chi connectivity index (χ4v) is 5.17. The average Bonchev–Trinajstić information content (AvgIpc) is 2.92. The van der Waals surface area contributed by atoms with Crippen LogP contribution < -0.4 is 0 Å². The summed E-state index contributed by atoms with van der Waals surface area (Å²) in [4.78, 5) is 0. The summed E-state index contributed by atoms with van der Waals surface area (Å²) in [5.74, 6) is 2.99. The second-order valence-electron chi connectivity index (χ2n) is 7.62. The average molecular weight is 250 g/mol. The summed E-state index contributed by atoms with van der Waals surface area (Å²) in [6.45, 7) is 6.06. The van der Waals surface area contributed by atoms with Crippen LogP contribution >= 0.6 is 0 Å². The van der Waals surface area contributed by atoms with Crippen LogP contribution in [-0.2, 0) is 4.74 Å². The molecule has 0 aliphatic heterocycles. The fraction of sp³-hybridized carbons (Fsp3) is 1.00. The SMILES string of the molecule is CC1(C)C2CCC(C2)C1CCOC1CCCCC1. The molecule has 0 heterocycles. The van der Waals surface area contributed by atoms with Gasteiger partial charge in [0.25, 0.3) is 0 Å². The second kappa shape index (κ2) is 5.15. The van der Waals surface area contributed by atoms with Gasteiger partial charge in [-0.3, -0.25) is 0 Å². The minimum atomic E-state index is 0.596. The quantitative estimate of drug-likeness (QED) is 0.696. The molecule has 0 amide bonds. The predicted octanol–water partition coefficient (Wildman–Crippen LogP) is 4.80. The van der Waals surface area contributed by atoms with Crippen molar-refractivity contribution in [2.75, 3.05) is 6.61 Å². The van der Waals surface area contributed by atoms with E-state index >= 15 is 0 Å². The zero-order valence-electron chi connectivity index (χ0n) is 12.3. The lowest BCUT2D eigenvalue weighted by Crippen LogP contribution is -2.32. The molecule has 3 rings (SSSR count). The van der Waals surface area contributed by atoms with Gasteiger partial charge in [0.1, 0.15) is 0 Å². The predicted molar refractivity (Wildman–Crippen MR) is 75.5 cm³/mol. The largest absolute Gasteiger partial charge is 0.378 e. The third-order valence-electron chi connectivity index (χ3n) is 6.38. The van der Waals surface area contributed by atoms with E-state index in [1.54, 1.807) is 0 Å². The molecule has 3 atom stereocenters. The molecule has 1 nitrogen and oxygen atoms in total. The molecule has 0 aromatic heterocycles. The van der Waals surface area contributed by atoms with Crippen LogP contribution in [0.15, 0.2) is 0 Å². The van der Waals surface area contributed by atoms with Gasteiger partial charge >= 0.3 is 0 Å². The first-order valence-corrected chi connectivity index (χ1v) is 8.29. The van der Waals surface area contributed by atoms with Crippen molar-refractivity contribution in [3.05, 3.63) is 0 Å². The van der Waals surface area contributed by atoms with E-state index in [1.807, 2.05) is 0 Å². The third-order valence-corrected chi connectivity index (χ3v) is 6.38. The number of ether oxygens (including phenoxy) is 1. The Bertz CT molecular complexity index is 277. The molecule has 18 heavy (non-hydrogen) atoms. The van der Waals surface area contributed by atoms with Crippen LogP contribution in [0.1, 0.15) is 71.6 Å². The highest BCUT2D eigenvalue weighted by Gasteiger charge is 2.51. The van der Waals surface area contributed by atoms with Crippen molar-refractivity contribution in [2.45, 2.75) is 77.7 Å². The van der Waals surface area contributed by atoms with E-state index < -0.39 is 0 Å². The van der Waals surface area contributed by atoms with Crippen LogP contribution in [0, 0.1) is 23.2 Å². The summed E-state index contributed by atoms with van der Waals surface area (Å²) in [7, 11) is 0. The highest BCUT2D eigenvalue weighted by Crippen LogP contribution is 2.60. The van der Waals surface area contributed by atoms with Gasteiger partial charge in [0.2, 0.25) is 0 Å². The Balaban J connectivity index is 1.45. The maximum Gasteiger partial charge on any atom is 0.0575 e. The van der Waals surface area contributed by atoms with Crippen LogP contribution in [-0.4, -0.2) is 12.7 Å². The van der Waals surface area contributed by atoms with Crippen molar-refractivity contribution in [2.24, 2.45) is 23.2 Å². The molecule has 0 N–H and O–H groups in total. The van der Waals surface area contributed by atoms with E-state index in [0.29, 0.717) is 11.5 Å². The molecule has 0 saturated heterocycles. The van der Waals surface area contributed by atoms with Crippen LogP contribution in [0.25, 0.3) is 0 Å². The van der Waals surface area contributed by atoms with Gasteiger partial charge < -0.3 is 4.74 Å². The van der Waals surface area contributed by atoms with Gasteiger partial charge in [-0.25, -0.2) is 0 Å². The Labute approximate surface area is 113 Å². The molecule has 3 aliphatic carbocycles. The third kappa shape index (κ3) is 2.35. The maximum absolute atomic E-state index is 6.15. The van der Waals surface area contributed by atoms with E-state index in [2.05, 4.69) is 13.8 Å². The summed E-state index contributed by atoms with van der Waals surface area (Å²) in [5, 5.41) is 0. The number of fused-ring (bicyclic) bond motifs is 2. The first-order valence-electron chi connectivity index (χ1n) is 8.29. The lowest BCUT2D eigenvalue weighted by Gasteiger charge is -2.38. The molecule has 0 aromatic rings. The fourth-order valence-electron chi connectivity index (χ4n) is 5.17. The molecule has 0 spiro atoms. The number of rotatable bonds is 4. The normalized spacial score (nSPS) is 39.3. The Morgan fingerprint density at radius 2 is 1.78 bits per heavy atom. The van der Waals surface area contributed by atoms with Gasteiger partial charge in [0, 0.05) is 6.61 Å². The minimum absolute atomic E-state index is 0.596. The molecule has 3 fully saturated rings.